The molecule has 19 heavy (non-hydrogen) atoms. The molecule has 0 aromatic heterocycles. The van der Waals surface area contributed by atoms with Gasteiger partial charge in [-0.1, -0.05) is 32.0 Å². The van der Waals surface area contributed by atoms with Crippen LogP contribution in [0.2, 0.25) is 0 Å². The van der Waals surface area contributed by atoms with Gasteiger partial charge in [0.25, 0.3) is 0 Å². The Bertz CT molecular complexity index is 459. The topological polar surface area (TPSA) is 38.3 Å². The average molecular weight is 282 g/mol. The number of amides is 1. The summed E-state index contributed by atoms with van der Waals surface area (Å²) in [5, 5.41) is 3.01. The van der Waals surface area contributed by atoms with E-state index in [1.165, 1.54) is 0 Å². The Labute approximate surface area is 119 Å². The zero-order valence-electron chi connectivity index (χ0n) is 11.4. The number of carbonyl (C=O) groups excluding carboxylic acids is 1. The van der Waals surface area contributed by atoms with Crippen molar-refractivity contribution in [2.24, 2.45) is 5.41 Å². The highest BCUT2D eigenvalue weighted by atomic mass is 35.5. The molecule has 0 bridgehead atoms. The molecule has 1 aromatic rings. The fraction of sp³-hybridized carbons (Fsp3) is 0.533. The van der Waals surface area contributed by atoms with Gasteiger partial charge in [-0.25, -0.2) is 0 Å². The first kappa shape index (κ1) is 14.2. The van der Waals surface area contributed by atoms with E-state index in [4.69, 9.17) is 16.3 Å². The molecule has 1 unspecified atom stereocenters. The van der Waals surface area contributed by atoms with Crippen LogP contribution in [0.4, 0.5) is 0 Å². The minimum Gasteiger partial charge on any atom is -0.493 e. The molecule has 2 rings (SSSR count). The van der Waals surface area contributed by atoms with Gasteiger partial charge in [-0.15, -0.1) is 11.6 Å². The van der Waals surface area contributed by atoms with E-state index >= 15 is 0 Å². The van der Waals surface area contributed by atoms with Gasteiger partial charge in [0.1, 0.15) is 5.75 Å². The zero-order chi connectivity index (χ0) is 13.9. The molecule has 0 radical (unpaired) electrons. The predicted molar refractivity (Wildman–Crippen MR) is 76.8 cm³/mol. The number of hydrogen-bond acceptors (Lipinski definition) is 2. The summed E-state index contributed by atoms with van der Waals surface area (Å²) in [5.41, 5.74) is 0.900. The highest BCUT2D eigenvalue weighted by Gasteiger charge is 2.28. The maximum Gasteiger partial charge on any atom is 0.227 e. The van der Waals surface area contributed by atoms with Crippen LogP contribution in [0.5, 0.6) is 5.75 Å². The second-order valence-electron chi connectivity index (χ2n) is 5.74. The number of nitrogens with one attached hydrogen (secondary N) is 1. The Hall–Kier alpha value is -1.22. The number of benzene rings is 1. The van der Waals surface area contributed by atoms with E-state index in [0.717, 1.165) is 17.7 Å². The van der Waals surface area contributed by atoms with Crippen molar-refractivity contribution >= 4 is 17.5 Å². The molecule has 1 amide bonds. The summed E-state index contributed by atoms with van der Waals surface area (Å²) in [6.07, 6.45) is 0.726. The minimum atomic E-state index is -0.115. The molecule has 3 nitrogen and oxygen atoms in total. The van der Waals surface area contributed by atoms with E-state index in [1.54, 1.807) is 0 Å². The van der Waals surface area contributed by atoms with Crippen molar-refractivity contribution in [2.45, 2.75) is 26.2 Å². The molecular formula is C15H20ClNO2. The molecule has 1 aliphatic rings. The van der Waals surface area contributed by atoms with Crippen molar-refractivity contribution in [3.8, 4) is 5.75 Å². The lowest BCUT2D eigenvalue weighted by Crippen LogP contribution is -2.39. The lowest BCUT2D eigenvalue weighted by molar-refractivity contribution is -0.123. The second kappa shape index (κ2) is 5.83. The Morgan fingerprint density at radius 1 is 1.47 bits per heavy atom. The minimum absolute atomic E-state index is 0.0638. The van der Waals surface area contributed by atoms with Gasteiger partial charge in [-0.3, -0.25) is 4.79 Å². The molecule has 0 saturated carbocycles. The largest absolute Gasteiger partial charge is 0.493 e. The normalized spacial score (nSPS) is 18.4. The maximum absolute atomic E-state index is 12.3. The van der Waals surface area contributed by atoms with E-state index in [2.05, 4.69) is 5.32 Å². The quantitative estimate of drug-likeness (QED) is 0.862. The number of hydrogen-bond donors (Lipinski definition) is 1. The SMILES string of the molecule is CC(C)(CCl)CNC(=O)C1CCOc2ccccc21. The Kier molecular flexibility index (Phi) is 4.35. The van der Waals surface area contributed by atoms with Crippen LogP contribution in [0.3, 0.4) is 0 Å². The lowest BCUT2D eigenvalue weighted by atomic mass is 9.91. The smallest absolute Gasteiger partial charge is 0.227 e. The van der Waals surface area contributed by atoms with E-state index in [9.17, 15) is 4.79 Å². The first-order valence-corrected chi connectivity index (χ1v) is 7.12. The van der Waals surface area contributed by atoms with Crippen molar-refractivity contribution in [1.29, 1.82) is 0 Å². The van der Waals surface area contributed by atoms with Gasteiger partial charge in [0.15, 0.2) is 0 Å². The fourth-order valence-corrected chi connectivity index (χ4v) is 2.21. The van der Waals surface area contributed by atoms with E-state index in [1.807, 2.05) is 38.1 Å². The highest BCUT2D eigenvalue weighted by molar-refractivity contribution is 6.18. The molecule has 4 heteroatoms. The first-order valence-electron chi connectivity index (χ1n) is 6.59. The number of halogens is 1. The van der Waals surface area contributed by atoms with Gasteiger partial charge < -0.3 is 10.1 Å². The molecule has 1 aromatic carbocycles. The van der Waals surface area contributed by atoms with Crippen LogP contribution >= 0.6 is 11.6 Å². The third-order valence-corrected chi connectivity index (χ3v) is 4.10. The molecule has 1 aliphatic heterocycles. The summed E-state index contributed by atoms with van der Waals surface area (Å²) in [5.74, 6) is 1.30. The molecular weight excluding hydrogens is 262 g/mol. The zero-order valence-corrected chi connectivity index (χ0v) is 12.2. The van der Waals surface area contributed by atoms with Crippen LogP contribution in [0, 0.1) is 5.41 Å². The third kappa shape index (κ3) is 3.41. The van der Waals surface area contributed by atoms with Gasteiger partial charge >= 0.3 is 0 Å². The van der Waals surface area contributed by atoms with Gasteiger partial charge in [-0.05, 0) is 17.9 Å². The van der Waals surface area contributed by atoms with Crippen LogP contribution < -0.4 is 10.1 Å². The summed E-state index contributed by atoms with van der Waals surface area (Å²) >= 11 is 5.87. The van der Waals surface area contributed by atoms with Crippen LogP contribution in [-0.4, -0.2) is 24.9 Å². The van der Waals surface area contributed by atoms with Crippen molar-refractivity contribution < 1.29 is 9.53 Å². The summed E-state index contributed by atoms with van der Waals surface area (Å²) in [4.78, 5) is 12.3. The van der Waals surface area contributed by atoms with Gasteiger partial charge in [0.2, 0.25) is 5.91 Å². The standard InChI is InChI=1S/C15H20ClNO2/c1-15(2,9-16)10-17-14(18)12-7-8-19-13-6-4-3-5-11(12)13/h3-6,12H,7-10H2,1-2H3,(H,17,18). The molecule has 0 aliphatic carbocycles. The molecule has 0 fully saturated rings. The van der Waals surface area contributed by atoms with Crippen LogP contribution in [0.25, 0.3) is 0 Å². The Morgan fingerprint density at radius 3 is 2.95 bits per heavy atom. The van der Waals surface area contributed by atoms with E-state index in [0.29, 0.717) is 19.0 Å². The molecule has 1 N–H and O–H groups in total. The van der Waals surface area contributed by atoms with Crippen LogP contribution in [0.1, 0.15) is 31.7 Å². The van der Waals surface area contributed by atoms with Crippen LogP contribution in [-0.2, 0) is 4.79 Å². The molecule has 1 atom stereocenters. The van der Waals surface area contributed by atoms with E-state index in [-0.39, 0.29) is 17.2 Å². The molecule has 0 saturated heterocycles. The Balaban J connectivity index is 2.05. The number of rotatable bonds is 4. The van der Waals surface area contributed by atoms with Crippen molar-refractivity contribution in [3.63, 3.8) is 0 Å². The summed E-state index contributed by atoms with van der Waals surface area (Å²) in [6.45, 7) is 5.26. The van der Waals surface area contributed by atoms with E-state index < -0.39 is 0 Å². The number of para-hydroxylation sites is 1. The van der Waals surface area contributed by atoms with Gasteiger partial charge in [0.05, 0.1) is 12.5 Å². The van der Waals surface area contributed by atoms with Gasteiger partial charge in [0, 0.05) is 18.0 Å². The average Bonchev–Trinajstić information content (AvgIpc) is 2.44. The lowest BCUT2D eigenvalue weighted by Gasteiger charge is -2.27. The van der Waals surface area contributed by atoms with Gasteiger partial charge in [-0.2, -0.15) is 0 Å². The number of alkyl halides is 1. The predicted octanol–water partition coefficient (Wildman–Crippen LogP) is 2.93. The number of carbonyl (C=O) groups is 1. The molecule has 1 heterocycles. The fourth-order valence-electron chi connectivity index (χ4n) is 2.11. The number of ether oxygens (including phenoxy) is 1. The molecule has 0 spiro atoms. The maximum atomic E-state index is 12.3. The highest BCUT2D eigenvalue weighted by Crippen LogP contribution is 2.33. The van der Waals surface area contributed by atoms with Crippen molar-refractivity contribution in [2.75, 3.05) is 19.0 Å². The van der Waals surface area contributed by atoms with Crippen LogP contribution in [0.15, 0.2) is 24.3 Å². The summed E-state index contributed by atoms with van der Waals surface area (Å²) in [6, 6.07) is 7.75. The molecule has 104 valence electrons. The van der Waals surface area contributed by atoms with Crippen molar-refractivity contribution in [1.82, 2.24) is 5.32 Å². The first-order chi connectivity index (χ1) is 9.03. The second-order valence-corrected chi connectivity index (χ2v) is 6.01. The third-order valence-electron chi connectivity index (χ3n) is 3.38. The Morgan fingerprint density at radius 2 is 2.21 bits per heavy atom. The van der Waals surface area contributed by atoms with Crippen molar-refractivity contribution in [3.05, 3.63) is 29.8 Å². The summed E-state index contributed by atoms with van der Waals surface area (Å²) < 4.78 is 5.57. The summed E-state index contributed by atoms with van der Waals surface area (Å²) in [7, 11) is 0. The number of fused-ring (bicyclic) bond motifs is 1. The monoisotopic (exact) mass is 281 g/mol.